The van der Waals surface area contributed by atoms with Crippen LogP contribution in [0.25, 0.3) is 10.9 Å². The molecule has 1 N–H and O–H groups in total. The van der Waals surface area contributed by atoms with E-state index in [1.807, 2.05) is 66.1 Å². The van der Waals surface area contributed by atoms with Gasteiger partial charge in [0.2, 0.25) is 5.91 Å². The molecule has 1 aliphatic carbocycles. The number of hydrogen-bond donors (Lipinski definition) is 1. The molecule has 2 aliphatic rings. The molecule has 3 aromatic rings. The number of amides is 2. The van der Waals surface area contributed by atoms with Crippen molar-refractivity contribution in [2.75, 3.05) is 6.54 Å². The minimum absolute atomic E-state index is 0.0454. The number of nitrogens with one attached hydrogen (secondary N) is 1. The summed E-state index contributed by atoms with van der Waals surface area (Å²) in [5.74, 6) is -0.132. The van der Waals surface area contributed by atoms with Gasteiger partial charge in [-0.05, 0) is 56.0 Å². The van der Waals surface area contributed by atoms with Crippen molar-refractivity contribution >= 4 is 34.3 Å². The Morgan fingerprint density at radius 1 is 1.03 bits per heavy atom. The molecular formula is C29H34ClN3O2. The predicted molar refractivity (Wildman–Crippen MR) is 141 cm³/mol. The van der Waals surface area contributed by atoms with E-state index >= 15 is 0 Å². The van der Waals surface area contributed by atoms with Crippen molar-refractivity contribution < 1.29 is 9.59 Å². The zero-order valence-corrected chi connectivity index (χ0v) is 21.2. The van der Waals surface area contributed by atoms with Gasteiger partial charge in [0.25, 0.3) is 5.91 Å². The van der Waals surface area contributed by atoms with Gasteiger partial charge in [-0.2, -0.15) is 0 Å². The van der Waals surface area contributed by atoms with Gasteiger partial charge in [0.05, 0.1) is 6.54 Å². The van der Waals surface area contributed by atoms with Crippen molar-refractivity contribution in [3.63, 3.8) is 0 Å². The Kier molecular flexibility index (Phi) is 6.88. The van der Waals surface area contributed by atoms with E-state index in [0.29, 0.717) is 30.2 Å². The third-order valence-corrected chi connectivity index (χ3v) is 8.06. The summed E-state index contributed by atoms with van der Waals surface area (Å²) in [6, 6.07) is 17.9. The van der Waals surface area contributed by atoms with Crippen LogP contribution in [0.2, 0.25) is 5.02 Å². The standard InChI is InChI=1S/C29H34ClN3O2/c1-29(28(35)31-24-10-5-3-2-4-6-11-24)20-32-25-12-8-7-9-22(25)19-26(32)27(34)33(29)18-17-21-13-15-23(30)16-14-21/h7-9,12-16,19,24H,2-6,10-11,17-18,20H2,1H3,(H,31,35)/t29-/m0/s1. The summed E-state index contributed by atoms with van der Waals surface area (Å²) in [4.78, 5) is 29.6. The fourth-order valence-corrected chi connectivity index (χ4v) is 5.82. The molecular weight excluding hydrogens is 458 g/mol. The van der Waals surface area contributed by atoms with Gasteiger partial charge in [0.15, 0.2) is 0 Å². The van der Waals surface area contributed by atoms with Crippen LogP contribution in [-0.4, -0.2) is 39.4 Å². The van der Waals surface area contributed by atoms with Crippen LogP contribution in [0.1, 0.15) is 67.9 Å². The number of benzene rings is 2. The second kappa shape index (κ2) is 10.1. The smallest absolute Gasteiger partial charge is 0.271 e. The third kappa shape index (κ3) is 4.84. The van der Waals surface area contributed by atoms with Crippen LogP contribution in [0.3, 0.4) is 0 Å². The Hall–Kier alpha value is -2.79. The Morgan fingerprint density at radius 3 is 2.46 bits per heavy atom. The van der Waals surface area contributed by atoms with Crippen molar-refractivity contribution in [1.82, 2.24) is 14.8 Å². The molecule has 0 radical (unpaired) electrons. The number of para-hydroxylation sites is 1. The number of carbonyl (C=O) groups excluding carboxylic acids is 2. The number of halogens is 1. The molecule has 2 amide bonds. The van der Waals surface area contributed by atoms with E-state index in [2.05, 4.69) is 5.32 Å². The topological polar surface area (TPSA) is 54.3 Å². The molecule has 1 atom stereocenters. The molecule has 0 bridgehead atoms. The molecule has 2 heterocycles. The molecule has 0 spiro atoms. The summed E-state index contributed by atoms with van der Waals surface area (Å²) in [5.41, 5.74) is 1.77. The molecule has 35 heavy (non-hydrogen) atoms. The average Bonchev–Trinajstić information content (AvgIpc) is 3.20. The number of aromatic nitrogens is 1. The summed E-state index contributed by atoms with van der Waals surface area (Å²) in [5, 5.41) is 5.08. The van der Waals surface area contributed by atoms with Crippen LogP contribution in [0.5, 0.6) is 0 Å². The molecule has 5 rings (SSSR count). The Labute approximate surface area is 212 Å². The van der Waals surface area contributed by atoms with E-state index in [4.69, 9.17) is 11.6 Å². The number of rotatable bonds is 5. The quantitative estimate of drug-likeness (QED) is 0.477. The van der Waals surface area contributed by atoms with Crippen molar-refractivity contribution in [3.8, 4) is 0 Å². The third-order valence-electron chi connectivity index (χ3n) is 7.80. The zero-order chi connectivity index (χ0) is 24.4. The molecule has 184 valence electrons. The van der Waals surface area contributed by atoms with Crippen LogP contribution < -0.4 is 5.32 Å². The van der Waals surface area contributed by atoms with Gasteiger partial charge < -0.3 is 14.8 Å². The second-order valence-corrected chi connectivity index (χ2v) is 10.7. The maximum Gasteiger partial charge on any atom is 0.271 e. The summed E-state index contributed by atoms with van der Waals surface area (Å²) in [7, 11) is 0. The van der Waals surface area contributed by atoms with Crippen molar-refractivity contribution in [2.45, 2.75) is 76.4 Å². The van der Waals surface area contributed by atoms with E-state index in [9.17, 15) is 9.59 Å². The van der Waals surface area contributed by atoms with E-state index in [1.54, 1.807) is 4.90 Å². The molecule has 1 saturated carbocycles. The molecule has 0 saturated heterocycles. The number of carbonyl (C=O) groups is 2. The van der Waals surface area contributed by atoms with Crippen LogP contribution >= 0.6 is 11.6 Å². The Balaban J connectivity index is 1.46. The van der Waals surface area contributed by atoms with Gasteiger partial charge in [-0.15, -0.1) is 0 Å². The molecule has 1 fully saturated rings. The number of hydrogen-bond acceptors (Lipinski definition) is 2. The lowest BCUT2D eigenvalue weighted by atomic mass is 9.91. The molecule has 1 aromatic heterocycles. The van der Waals surface area contributed by atoms with Crippen molar-refractivity contribution in [3.05, 3.63) is 70.9 Å². The highest BCUT2D eigenvalue weighted by Crippen LogP contribution is 2.33. The van der Waals surface area contributed by atoms with Crippen LogP contribution in [-0.2, 0) is 17.8 Å². The van der Waals surface area contributed by atoms with Crippen LogP contribution in [0.4, 0.5) is 0 Å². The number of nitrogens with zero attached hydrogens (tertiary/aromatic N) is 2. The largest absolute Gasteiger partial charge is 0.351 e. The lowest BCUT2D eigenvalue weighted by molar-refractivity contribution is -0.133. The maximum atomic E-state index is 13.9. The molecule has 0 unspecified atom stereocenters. The predicted octanol–water partition coefficient (Wildman–Crippen LogP) is 5.98. The summed E-state index contributed by atoms with van der Waals surface area (Å²) >= 11 is 6.06. The lowest BCUT2D eigenvalue weighted by Gasteiger charge is -2.45. The summed E-state index contributed by atoms with van der Waals surface area (Å²) < 4.78 is 2.04. The molecule has 5 nitrogen and oxygen atoms in total. The first-order chi connectivity index (χ1) is 17.0. The maximum absolute atomic E-state index is 13.9. The minimum Gasteiger partial charge on any atom is -0.351 e. The lowest BCUT2D eigenvalue weighted by Crippen LogP contribution is -2.65. The van der Waals surface area contributed by atoms with Crippen molar-refractivity contribution in [1.29, 1.82) is 0 Å². The van der Waals surface area contributed by atoms with E-state index in [1.165, 1.54) is 19.3 Å². The first-order valence-corrected chi connectivity index (χ1v) is 13.3. The average molecular weight is 492 g/mol. The van der Waals surface area contributed by atoms with Crippen LogP contribution in [0, 0.1) is 0 Å². The van der Waals surface area contributed by atoms with Gasteiger partial charge in [-0.3, -0.25) is 9.59 Å². The van der Waals surface area contributed by atoms with E-state index < -0.39 is 5.54 Å². The monoisotopic (exact) mass is 491 g/mol. The minimum atomic E-state index is -0.972. The normalized spacial score (nSPS) is 21.4. The van der Waals surface area contributed by atoms with Gasteiger partial charge in [0.1, 0.15) is 11.2 Å². The molecule has 1 aliphatic heterocycles. The summed E-state index contributed by atoms with van der Waals surface area (Å²) in [6.07, 6.45) is 8.73. The summed E-state index contributed by atoms with van der Waals surface area (Å²) in [6.45, 7) is 2.85. The van der Waals surface area contributed by atoms with Crippen LogP contribution in [0.15, 0.2) is 54.6 Å². The fraction of sp³-hybridized carbons (Fsp3) is 0.448. The van der Waals surface area contributed by atoms with Gasteiger partial charge in [-0.1, -0.05) is 74.0 Å². The van der Waals surface area contributed by atoms with Gasteiger partial charge >= 0.3 is 0 Å². The highest BCUT2D eigenvalue weighted by molar-refractivity contribution is 6.30. The molecule has 6 heteroatoms. The van der Waals surface area contributed by atoms with Gasteiger partial charge in [-0.25, -0.2) is 0 Å². The van der Waals surface area contributed by atoms with E-state index in [-0.39, 0.29) is 17.9 Å². The molecule has 2 aromatic carbocycles. The highest BCUT2D eigenvalue weighted by atomic mass is 35.5. The Bertz CT molecular complexity index is 1210. The highest BCUT2D eigenvalue weighted by Gasteiger charge is 2.47. The van der Waals surface area contributed by atoms with E-state index in [0.717, 1.165) is 42.1 Å². The zero-order valence-electron chi connectivity index (χ0n) is 20.4. The fourth-order valence-electron chi connectivity index (χ4n) is 5.69. The first kappa shape index (κ1) is 23.9. The van der Waals surface area contributed by atoms with Crippen molar-refractivity contribution in [2.24, 2.45) is 0 Å². The Morgan fingerprint density at radius 2 is 1.71 bits per heavy atom. The SMILES string of the molecule is C[C@@]1(C(=O)NC2CCCCCCC2)Cn2c(cc3ccccc32)C(=O)N1CCc1ccc(Cl)cc1. The second-order valence-electron chi connectivity index (χ2n) is 10.3. The number of fused-ring (bicyclic) bond motifs is 3. The first-order valence-electron chi connectivity index (χ1n) is 12.9. The van der Waals surface area contributed by atoms with Gasteiger partial charge in [0, 0.05) is 28.5 Å².